The quantitative estimate of drug-likeness (QED) is 0.636. The number of pyridine rings is 1. The third-order valence-corrected chi connectivity index (χ3v) is 8.30. The highest BCUT2D eigenvalue weighted by Crippen LogP contribution is 2.44. The minimum absolute atomic E-state index is 0.00211. The first kappa shape index (κ1) is 23.0. The first-order chi connectivity index (χ1) is 16.1. The van der Waals surface area contributed by atoms with Gasteiger partial charge in [-0.1, -0.05) is 5.16 Å². The van der Waals surface area contributed by atoms with Gasteiger partial charge in [0.05, 0.1) is 17.7 Å². The van der Waals surface area contributed by atoms with E-state index in [4.69, 9.17) is 4.84 Å². The molecule has 0 radical (unpaired) electrons. The zero-order valence-corrected chi connectivity index (χ0v) is 19.0. The molecule has 1 saturated carbocycles. The van der Waals surface area contributed by atoms with E-state index >= 15 is 0 Å². The molecule has 0 bridgehead atoms. The van der Waals surface area contributed by atoms with Gasteiger partial charge in [0.2, 0.25) is 15.0 Å². The Morgan fingerprint density at radius 2 is 1.88 bits per heavy atom. The number of nitrogens with one attached hydrogen (secondary N) is 1. The summed E-state index contributed by atoms with van der Waals surface area (Å²) in [7, 11) is -4.04. The lowest BCUT2D eigenvalue weighted by atomic mass is 9.97. The number of sulfonamides is 1. The Morgan fingerprint density at radius 3 is 2.56 bits per heavy atom. The fraction of sp³-hybridized carbons (Fsp3) is 0.455. The lowest BCUT2D eigenvalue weighted by Gasteiger charge is -2.19. The van der Waals surface area contributed by atoms with Crippen LogP contribution < -0.4 is 4.72 Å². The van der Waals surface area contributed by atoms with Crippen LogP contribution in [0.2, 0.25) is 0 Å². The van der Waals surface area contributed by atoms with Crippen molar-refractivity contribution < 1.29 is 30.8 Å². The van der Waals surface area contributed by atoms with Crippen LogP contribution in [0.5, 0.6) is 0 Å². The summed E-state index contributed by atoms with van der Waals surface area (Å²) in [5.41, 5.74) is 0.636. The van der Waals surface area contributed by atoms with Crippen molar-refractivity contribution in [3.63, 3.8) is 0 Å². The van der Waals surface area contributed by atoms with Gasteiger partial charge >= 0.3 is 0 Å². The van der Waals surface area contributed by atoms with Crippen molar-refractivity contribution in [3.8, 4) is 11.1 Å². The van der Waals surface area contributed by atoms with E-state index in [1.807, 2.05) is 4.90 Å². The lowest BCUT2D eigenvalue weighted by molar-refractivity contribution is 0.0828. The lowest BCUT2D eigenvalue weighted by Crippen LogP contribution is -2.42. The van der Waals surface area contributed by atoms with Crippen LogP contribution in [0.4, 0.5) is 17.6 Å². The van der Waals surface area contributed by atoms with Gasteiger partial charge in [-0.2, -0.15) is 0 Å². The maximum Gasteiger partial charge on any atom is 0.247 e. The maximum absolute atomic E-state index is 14.5. The van der Waals surface area contributed by atoms with Crippen molar-refractivity contribution >= 4 is 15.9 Å². The molecule has 1 aliphatic carbocycles. The molecule has 2 aliphatic heterocycles. The normalized spacial score (nSPS) is 23.7. The van der Waals surface area contributed by atoms with Crippen molar-refractivity contribution in [3.05, 3.63) is 53.1 Å². The Balaban J connectivity index is 1.32. The number of rotatable bonds is 5. The standard InChI is InChI=1S/C22H22F4N4O3S/c1-12-6-15(20-16(24)7-13(23)8-17(20)25)21(27-10-12)18-9-19(28-33-18)30-5-2-14(11-30)29-34(31,32)22(26)3-4-22/h6-8,10,14,18,29H,2-5,9,11H2,1H3/t14-,18-/m0/s1. The summed E-state index contributed by atoms with van der Waals surface area (Å²) in [6.07, 6.45) is 1.50. The number of likely N-dealkylation sites (tertiary alicyclic amines) is 1. The molecule has 5 rings (SSSR count). The van der Waals surface area contributed by atoms with Gasteiger partial charge in [0.15, 0.2) is 6.10 Å². The molecule has 1 aromatic carbocycles. The highest BCUT2D eigenvalue weighted by atomic mass is 32.2. The minimum atomic E-state index is -4.04. The Morgan fingerprint density at radius 1 is 1.18 bits per heavy atom. The second-order valence-corrected chi connectivity index (χ2v) is 10.9. The second kappa shape index (κ2) is 8.19. The number of halogens is 4. The molecule has 3 heterocycles. The average molecular weight is 499 g/mol. The molecule has 7 nitrogen and oxygen atoms in total. The average Bonchev–Trinajstić information content (AvgIpc) is 3.14. The van der Waals surface area contributed by atoms with Crippen LogP contribution in [-0.4, -0.2) is 48.3 Å². The largest absolute Gasteiger partial charge is 0.384 e. The molecule has 182 valence electrons. The van der Waals surface area contributed by atoms with Crippen LogP contribution in [0.15, 0.2) is 29.6 Å². The molecule has 34 heavy (non-hydrogen) atoms. The van der Waals surface area contributed by atoms with E-state index in [-0.39, 0.29) is 30.5 Å². The first-order valence-corrected chi connectivity index (χ1v) is 12.3. The van der Waals surface area contributed by atoms with Gasteiger partial charge in [0.25, 0.3) is 0 Å². The number of hydrogen-bond acceptors (Lipinski definition) is 6. The molecule has 2 fully saturated rings. The van der Waals surface area contributed by atoms with E-state index < -0.39 is 50.2 Å². The predicted octanol–water partition coefficient (Wildman–Crippen LogP) is 3.70. The number of oxime groups is 1. The Kier molecular flexibility index (Phi) is 5.55. The van der Waals surface area contributed by atoms with E-state index in [0.717, 1.165) is 0 Å². The number of aryl methyl sites for hydroxylation is 1. The van der Waals surface area contributed by atoms with Crippen molar-refractivity contribution in [2.45, 2.75) is 49.8 Å². The van der Waals surface area contributed by atoms with E-state index in [1.54, 1.807) is 13.0 Å². The molecule has 0 unspecified atom stereocenters. The summed E-state index contributed by atoms with van der Waals surface area (Å²) in [5.74, 6) is -2.60. The number of hydrogen-bond donors (Lipinski definition) is 1. The number of aromatic nitrogens is 1. The first-order valence-electron chi connectivity index (χ1n) is 10.9. The molecule has 3 aliphatic rings. The molecule has 12 heteroatoms. The minimum Gasteiger partial charge on any atom is -0.384 e. The highest BCUT2D eigenvalue weighted by molar-refractivity contribution is 7.91. The van der Waals surface area contributed by atoms with Crippen LogP contribution in [0.1, 0.15) is 43.0 Å². The van der Waals surface area contributed by atoms with Crippen LogP contribution in [0.3, 0.4) is 0 Å². The SMILES string of the molecule is Cc1cnc([C@@H]2CC(N3CC[C@H](NS(=O)(=O)C4(F)CC4)C3)=NO2)c(-c2c(F)cc(F)cc2F)c1. The van der Waals surface area contributed by atoms with Crippen LogP contribution >= 0.6 is 0 Å². The van der Waals surface area contributed by atoms with Crippen molar-refractivity contribution in [2.24, 2.45) is 5.16 Å². The predicted molar refractivity (Wildman–Crippen MR) is 115 cm³/mol. The van der Waals surface area contributed by atoms with Crippen LogP contribution in [0.25, 0.3) is 11.1 Å². The van der Waals surface area contributed by atoms with Crippen LogP contribution in [-0.2, 0) is 14.9 Å². The molecular weight excluding hydrogens is 476 g/mol. The van der Waals surface area contributed by atoms with Crippen LogP contribution in [0, 0.1) is 24.4 Å². The third kappa shape index (κ3) is 4.13. The number of benzene rings is 1. The van der Waals surface area contributed by atoms with Gasteiger partial charge in [-0.3, -0.25) is 4.98 Å². The molecule has 1 saturated heterocycles. The Labute approximate surface area is 193 Å². The zero-order chi connectivity index (χ0) is 24.3. The summed E-state index contributed by atoms with van der Waals surface area (Å²) in [4.78, 5) is 11.7. The summed E-state index contributed by atoms with van der Waals surface area (Å²) in [5, 5.41) is 1.92. The van der Waals surface area contributed by atoms with Crippen molar-refractivity contribution in [2.75, 3.05) is 13.1 Å². The molecular formula is C22H22F4N4O3S. The second-order valence-electron chi connectivity index (χ2n) is 8.93. The van der Waals surface area contributed by atoms with Gasteiger partial charge in [-0.15, -0.1) is 0 Å². The smallest absolute Gasteiger partial charge is 0.247 e. The van der Waals surface area contributed by atoms with E-state index in [2.05, 4.69) is 14.9 Å². The Hall–Kier alpha value is -2.73. The van der Waals surface area contributed by atoms with Gasteiger partial charge in [0, 0.05) is 55.9 Å². The van der Waals surface area contributed by atoms with Gasteiger partial charge < -0.3 is 9.74 Å². The summed E-state index contributed by atoms with van der Waals surface area (Å²) in [6, 6.07) is 2.30. The monoisotopic (exact) mass is 498 g/mol. The fourth-order valence-corrected chi connectivity index (χ4v) is 5.80. The van der Waals surface area contributed by atoms with Crippen molar-refractivity contribution in [1.29, 1.82) is 0 Å². The third-order valence-electron chi connectivity index (χ3n) is 6.29. The van der Waals surface area contributed by atoms with Gasteiger partial charge in [0.1, 0.15) is 23.3 Å². The van der Waals surface area contributed by atoms with E-state index in [1.165, 1.54) is 6.20 Å². The number of amidine groups is 1. The molecule has 1 aromatic heterocycles. The van der Waals surface area contributed by atoms with Gasteiger partial charge in [-0.05, 0) is 25.0 Å². The molecule has 2 aromatic rings. The van der Waals surface area contributed by atoms with E-state index in [0.29, 0.717) is 43.0 Å². The zero-order valence-electron chi connectivity index (χ0n) is 18.2. The Bertz CT molecular complexity index is 1260. The molecule has 2 atom stereocenters. The maximum atomic E-state index is 14.5. The van der Waals surface area contributed by atoms with Crippen molar-refractivity contribution in [1.82, 2.24) is 14.6 Å². The van der Waals surface area contributed by atoms with Gasteiger partial charge in [-0.25, -0.2) is 30.7 Å². The highest BCUT2D eigenvalue weighted by Gasteiger charge is 2.56. The fourth-order valence-electron chi connectivity index (χ4n) is 4.32. The molecule has 1 N–H and O–H groups in total. The topological polar surface area (TPSA) is 83.9 Å². The van der Waals surface area contributed by atoms with E-state index in [9.17, 15) is 26.0 Å². The number of nitrogens with zero attached hydrogens (tertiary/aromatic N) is 3. The summed E-state index contributed by atoms with van der Waals surface area (Å²) in [6.45, 7) is 2.49. The number of alkyl halides is 1. The molecule has 0 amide bonds. The summed E-state index contributed by atoms with van der Waals surface area (Å²) >= 11 is 0. The summed E-state index contributed by atoms with van der Waals surface area (Å²) < 4.78 is 83.3. The molecule has 0 spiro atoms.